The number of allylic oxidation sites excluding steroid dienone is 1. The second-order valence-corrected chi connectivity index (χ2v) is 5.53. The summed E-state index contributed by atoms with van der Waals surface area (Å²) < 4.78 is 0. The van der Waals surface area contributed by atoms with Crippen LogP contribution in [0, 0.1) is 13.8 Å². The fourth-order valence-corrected chi connectivity index (χ4v) is 2.30. The molecule has 0 aliphatic carbocycles. The number of rotatable bonds is 1. The molecular weight excluding hydrogens is 180 g/mol. The van der Waals surface area contributed by atoms with Gasteiger partial charge in [0, 0.05) is 0 Å². The molecule has 0 spiro atoms. The zero-order valence-electron chi connectivity index (χ0n) is 10.9. The molecule has 0 bridgehead atoms. The van der Waals surface area contributed by atoms with Gasteiger partial charge in [-0.1, -0.05) is 50.6 Å². The van der Waals surface area contributed by atoms with E-state index in [1.165, 1.54) is 22.3 Å². The lowest BCUT2D eigenvalue weighted by atomic mass is 9.79. The molecule has 0 fully saturated rings. The van der Waals surface area contributed by atoms with Crippen molar-refractivity contribution in [1.29, 1.82) is 0 Å². The lowest BCUT2D eigenvalue weighted by molar-refractivity contribution is 0.584. The van der Waals surface area contributed by atoms with Gasteiger partial charge in [0.25, 0.3) is 0 Å². The fourth-order valence-electron chi connectivity index (χ4n) is 2.30. The van der Waals surface area contributed by atoms with Crippen molar-refractivity contribution in [3.05, 3.63) is 41.0 Å². The van der Waals surface area contributed by atoms with Crippen molar-refractivity contribution in [1.82, 2.24) is 0 Å². The first-order valence-electron chi connectivity index (χ1n) is 5.51. The standard InChI is InChI=1S/C15H22/c1-10(2)13-9-11(3)8-12(4)14(13)15(5,6)7/h8-9H,1H2,2-7H3. The molecule has 1 aromatic carbocycles. The van der Waals surface area contributed by atoms with Crippen LogP contribution in [0.3, 0.4) is 0 Å². The molecule has 0 radical (unpaired) electrons. The van der Waals surface area contributed by atoms with E-state index >= 15 is 0 Å². The van der Waals surface area contributed by atoms with E-state index in [4.69, 9.17) is 0 Å². The summed E-state index contributed by atoms with van der Waals surface area (Å²) in [7, 11) is 0. The minimum atomic E-state index is 0.187. The third-order valence-electron chi connectivity index (χ3n) is 2.69. The summed E-state index contributed by atoms with van der Waals surface area (Å²) >= 11 is 0. The highest BCUT2D eigenvalue weighted by atomic mass is 14.2. The molecule has 1 rings (SSSR count). The van der Waals surface area contributed by atoms with Crippen LogP contribution in [-0.2, 0) is 5.41 Å². The zero-order valence-corrected chi connectivity index (χ0v) is 10.9. The molecule has 0 aliphatic heterocycles. The number of benzene rings is 1. The van der Waals surface area contributed by atoms with Gasteiger partial charge in [0.15, 0.2) is 0 Å². The molecule has 0 aliphatic rings. The van der Waals surface area contributed by atoms with Crippen LogP contribution in [0.4, 0.5) is 0 Å². The largest absolute Gasteiger partial charge is 0.0955 e. The average molecular weight is 202 g/mol. The molecule has 0 heteroatoms. The predicted molar refractivity (Wildman–Crippen MR) is 69.3 cm³/mol. The van der Waals surface area contributed by atoms with E-state index in [-0.39, 0.29) is 5.41 Å². The Morgan fingerprint density at radius 2 is 1.67 bits per heavy atom. The second kappa shape index (κ2) is 3.84. The number of hydrogen-bond donors (Lipinski definition) is 0. The summed E-state index contributed by atoms with van der Waals surface area (Å²) in [6.45, 7) is 17.3. The molecule has 0 aromatic heterocycles. The maximum absolute atomic E-state index is 4.08. The molecule has 0 saturated carbocycles. The Morgan fingerprint density at radius 3 is 2.07 bits per heavy atom. The van der Waals surface area contributed by atoms with E-state index in [2.05, 4.69) is 60.3 Å². The Balaban J connectivity index is 3.55. The van der Waals surface area contributed by atoms with Gasteiger partial charge in [0.05, 0.1) is 0 Å². The molecule has 82 valence electrons. The van der Waals surface area contributed by atoms with E-state index in [9.17, 15) is 0 Å². The summed E-state index contributed by atoms with van der Waals surface area (Å²) in [5.41, 5.74) is 6.79. The SMILES string of the molecule is C=C(C)c1cc(C)cc(C)c1C(C)(C)C. The third-order valence-corrected chi connectivity index (χ3v) is 2.69. The summed E-state index contributed by atoms with van der Waals surface area (Å²) in [4.78, 5) is 0. The first-order chi connectivity index (χ1) is 6.73. The van der Waals surface area contributed by atoms with E-state index in [1.54, 1.807) is 0 Å². The quantitative estimate of drug-likeness (QED) is 0.622. The number of aryl methyl sites for hydroxylation is 2. The molecule has 15 heavy (non-hydrogen) atoms. The second-order valence-electron chi connectivity index (χ2n) is 5.53. The topological polar surface area (TPSA) is 0 Å². The first kappa shape index (κ1) is 12.0. The molecule has 0 saturated heterocycles. The summed E-state index contributed by atoms with van der Waals surface area (Å²) in [5.74, 6) is 0. The highest BCUT2D eigenvalue weighted by molar-refractivity contribution is 5.68. The normalized spacial score (nSPS) is 11.6. The van der Waals surface area contributed by atoms with Crippen LogP contribution in [0.1, 0.15) is 49.9 Å². The van der Waals surface area contributed by atoms with Gasteiger partial charge in [-0.3, -0.25) is 0 Å². The molecule has 0 amide bonds. The molecule has 0 nitrogen and oxygen atoms in total. The molecule has 0 unspecified atom stereocenters. The van der Waals surface area contributed by atoms with Crippen molar-refractivity contribution in [2.75, 3.05) is 0 Å². The smallest absolute Gasteiger partial charge is 0.0123 e. The van der Waals surface area contributed by atoms with Crippen molar-refractivity contribution in [3.8, 4) is 0 Å². The van der Waals surface area contributed by atoms with Crippen molar-refractivity contribution >= 4 is 5.57 Å². The summed E-state index contributed by atoms with van der Waals surface area (Å²) in [5, 5.41) is 0. The Bertz CT molecular complexity index is 389. The van der Waals surface area contributed by atoms with Gasteiger partial charge in [0.2, 0.25) is 0 Å². The lowest BCUT2D eigenvalue weighted by Crippen LogP contribution is -2.16. The van der Waals surface area contributed by atoms with Crippen LogP contribution in [0.2, 0.25) is 0 Å². The molecule has 1 aromatic rings. The number of hydrogen-bond acceptors (Lipinski definition) is 0. The lowest BCUT2D eigenvalue weighted by Gasteiger charge is -2.26. The van der Waals surface area contributed by atoms with Gasteiger partial charge in [-0.05, 0) is 42.9 Å². The van der Waals surface area contributed by atoms with Crippen molar-refractivity contribution < 1.29 is 0 Å². The predicted octanol–water partition coefficient (Wildman–Crippen LogP) is 4.63. The third kappa shape index (κ3) is 2.50. The van der Waals surface area contributed by atoms with E-state index in [0.717, 1.165) is 5.57 Å². The van der Waals surface area contributed by atoms with Gasteiger partial charge in [-0.15, -0.1) is 0 Å². The van der Waals surface area contributed by atoms with Crippen LogP contribution < -0.4 is 0 Å². The maximum Gasteiger partial charge on any atom is -0.0123 e. The van der Waals surface area contributed by atoms with Crippen molar-refractivity contribution in [2.24, 2.45) is 0 Å². The van der Waals surface area contributed by atoms with Gasteiger partial charge in [0.1, 0.15) is 0 Å². The van der Waals surface area contributed by atoms with Gasteiger partial charge in [-0.25, -0.2) is 0 Å². The van der Waals surface area contributed by atoms with Crippen LogP contribution in [0.15, 0.2) is 18.7 Å². The maximum atomic E-state index is 4.08. The van der Waals surface area contributed by atoms with Gasteiger partial charge in [-0.2, -0.15) is 0 Å². The first-order valence-corrected chi connectivity index (χ1v) is 5.51. The Labute approximate surface area is 94.0 Å². The Hall–Kier alpha value is -1.04. The van der Waals surface area contributed by atoms with Gasteiger partial charge >= 0.3 is 0 Å². The van der Waals surface area contributed by atoms with Crippen LogP contribution in [-0.4, -0.2) is 0 Å². The molecule has 0 atom stereocenters. The average Bonchev–Trinajstić information content (AvgIpc) is 1.99. The van der Waals surface area contributed by atoms with Crippen molar-refractivity contribution in [2.45, 2.75) is 47.0 Å². The fraction of sp³-hybridized carbons (Fsp3) is 0.467. The van der Waals surface area contributed by atoms with Crippen LogP contribution in [0.5, 0.6) is 0 Å². The summed E-state index contributed by atoms with van der Waals surface area (Å²) in [6.07, 6.45) is 0. The molecule has 0 N–H and O–H groups in total. The minimum absolute atomic E-state index is 0.187. The van der Waals surface area contributed by atoms with Crippen LogP contribution in [0.25, 0.3) is 5.57 Å². The highest BCUT2D eigenvalue weighted by Gasteiger charge is 2.20. The van der Waals surface area contributed by atoms with Crippen LogP contribution >= 0.6 is 0 Å². The molecule has 0 heterocycles. The van der Waals surface area contributed by atoms with E-state index < -0.39 is 0 Å². The molecular formula is C15H22. The zero-order chi connectivity index (χ0) is 11.8. The monoisotopic (exact) mass is 202 g/mol. The van der Waals surface area contributed by atoms with E-state index in [0.29, 0.717) is 0 Å². The van der Waals surface area contributed by atoms with Crippen molar-refractivity contribution in [3.63, 3.8) is 0 Å². The minimum Gasteiger partial charge on any atom is -0.0955 e. The Morgan fingerprint density at radius 1 is 1.13 bits per heavy atom. The van der Waals surface area contributed by atoms with Gasteiger partial charge < -0.3 is 0 Å². The highest BCUT2D eigenvalue weighted by Crippen LogP contribution is 2.33. The Kier molecular flexibility index (Phi) is 3.08. The summed E-state index contributed by atoms with van der Waals surface area (Å²) in [6, 6.07) is 4.50. The van der Waals surface area contributed by atoms with E-state index in [1.807, 2.05) is 0 Å².